The molecule has 2 aromatic carbocycles. The van der Waals surface area contributed by atoms with Crippen LogP contribution >= 0.6 is 0 Å². The van der Waals surface area contributed by atoms with Gasteiger partial charge < -0.3 is 15.6 Å². The van der Waals surface area contributed by atoms with Crippen molar-refractivity contribution < 1.29 is 4.79 Å². The van der Waals surface area contributed by atoms with Gasteiger partial charge in [-0.2, -0.15) is 0 Å². The number of benzene rings is 2. The number of carbonyl (C=O) groups is 1. The minimum atomic E-state index is -0.166. The molecule has 0 atom stereocenters. The maximum atomic E-state index is 12.0. The molecule has 1 aromatic heterocycles. The Morgan fingerprint density at radius 2 is 1.84 bits per heavy atom. The van der Waals surface area contributed by atoms with E-state index >= 15 is 0 Å². The number of urea groups is 1. The molecule has 4 nitrogen and oxygen atoms in total. The van der Waals surface area contributed by atoms with Crippen molar-refractivity contribution in [3.05, 3.63) is 65.9 Å². The molecule has 0 aliphatic heterocycles. The number of rotatable bonds is 7. The number of H-pyrrole nitrogens is 1. The standard InChI is InChI=1S/C21H25N3O/c1-2-3-6-16-9-11-18(12-10-16)24-21(25)22-14-13-17-15-23-20-8-5-4-7-19(17)20/h4-5,7-12,15,23H,2-3,6,13-14H2,1H3,(H2,22,24,25). The number of para-hydroxylation sites is 1. The van der Waals surface area contributed by atoms with Crippen LogP contribution in [0.5, 0.6) is 0 Å². The average Bonchev–Trinajstić information content (AvgIpc) is 3.04. The summed E-state index contributed by atoms with van der Waals surface area (Å²) in [5.74, 6) is 0. The molecule has 0 fully saturated rings. The Balaban J connectivity index is 1.46. The maximum absolute atomic E-state index is 12.0. The smallest absolute Gasteiger partial charge is 0.319 e. The molecule has 0 spiro atoms. The number of carbonyl (C=O) groups excluding carboxylic acids is 1. The highest BCUT2D eigenvalue weighted by Gasteiger charge is 2.05. The van der Waals surface area contributed by atoms with Gasteiger partial charge in [-0.1, -0.05) is 43.7 Å². The van der Waals surface area contributed by atoms with E-state index in [1.807, 2.05) is 30.5 Å². The van der Waals surface area contributed by atoms with E-state index in [9.17, 15) is 4.79 Å². The molecule has 0 saturated carbocycles. The van der Waals surface area contributed by atoms with Crippen molar-refractivity contribution in [3.63, 3.8) is 0 Å². The van der Waals surface area contributed by atoms with Crippen molar-refractivity contribution in [3.8, 4) is 0 Å². The Kier molecular flexibility index (Phi) is 5.73. The van der Waals surface area contributed by atoms with Gasteiger partial charge in [0.05, 0.1) is 0 Å². The highest BCUT2D eigenvalue weighted by atomic mass is 16.2. The van der Waals surface area contributed by atoms with E-state index in [2.05, 4.69) is 46.8 Å². The number of aryl methyl sites for hydroxylation is 1. The second kappa shape index (κ2) is 8.38. The fourth-order valence-electron chi connectivity index (χ4n) is 2.96. The van der Waals surface area contributed by atoms with Crippen LogP contribution in [0.3, 0.4) is 0 Å². The summed E-state index contributed by atoms with van der Waals surface area (Å²) in [5, 5.41) is 7.02. The summed E-state index contributed by atoms with van der Waals surface area (Å²) in [6, 6.07) is 16.1. The summed E-state index contributed by atoms with van der Waals surface area (Å²) in [5.41, 5.74) is 4.48. The van der Waals surface area contributed by atoms with Crippen LogP contribution in [-0.4, -0.2) is 17.6 Å². The van der Waals surface area contributed by atoms with E-state index in [1.165, 1.54) is 29.4 Å². The lowest BCUT2D eigenvalue weighted by atomic mass is 10.1. The number of anilines is 1. The van der Waals surface area contributed by atoms with E-state index in [-0.39, 0.29) is 6.03 Å². The number of hydrogen-bond acceptors (Lipinski definition) is 1. The molecule has 3 aromatic rings. The van der Waals surface area contributed by atoms with Crippen LogP contribution < -0.4 is 10.6 Å². The average molecular weight is 335 g/mol. The summed E-state index contributed by atoms with van der Waals surface area (Å²) in [4.78, 5) is 15.3. The highest BCUT2D eigenvalue weighted by molar-refractivity contribution is 5.89. The Morgan fingerprint density at radius 1 is 1.04 bits per heavy atom. The van der Waals surface area contributed by atoms with E-state index in [0.717, 1.165) is 24.0 Å². The number of aromatic nitrogens is 1. The topological polar surface area (TPSA) is 56.9 Å². The third-order valence-corrected chi connectivity index (χ3v) is 4.39. The van der Waals surface area contributed by atoms with Gasteiger partial charge in [0, 0.05) is 29.3 Å². The molecule has 0 unspecified atom stereocenters. The van der Waals surface area contributed by atoms with Gasteiger partial charge in [-0.05, 0) is 48.6 Å². The quantitative estimate of drug-likeness (QED) is 0.566. The largest absolute Gasteiger partial charge is 0.361 e. The zero-order valence-corrected chi connectivity index (χ0v) is 14.6. The van der Waals surface area contributed by atoms with Gasteiger partial charge in [0.1, 0.15) is 0 Å². The molecular formula is C21H25N3O. The number of unbranched alkanes of at least 4 members (excludes halogenated alkanes) is 1. The van der Waals surface area contributed by atoms with Crippen molar-refractivity contribution in [2.45, 2.75) is 32.6 Å². The van der Waals surface area contributed by atoms with Gasteiger partial charge in [0.2, 0.25) is 0 Å². The van der Waals surface area contributed by atoms with Gasteiger partial charge in [-0.3, -0.25) is 0 Å². The Labute approximate surface area is 148 Å². The molecule has 0 bridgehead atoms. The zero-order valence-electron chi connectivity index (χ0n) is 14.6. The van der Waals surface area contributed by atoms with E-state index in [4.69, 9.17) is 0 Å². The molecule has 0 aliphatic rings. The molecule has 0 aliphatic carbocycles. The number of nitrogens with one attached hydrogen (secondary N) is 3. The number of hydrogen-bond donors (Lipinski definition) is 3. The second-order valence-corrected chi connectivity index (χ2v) is 6.29. The normalized spacial score (nSPS) is 10.8. The number of fused-ring (bicyclic) bond motifs is 1. The molecule has 2 amide bonds. The van der Waals surface area contributed by atoms with Crippen molar-refractivity contribution in [2.24, 2.45) is 0 Å². The van der Waals surface area contributed by atoms with Crippen LogP contribution in [0.15, 0.2) is 54.7 Å². The molecule has 4 heteroatoms. The lowest BCUT2D eigenvalue weighted by molar-refractivity contribution is 0.252. The minimum absolute atomic E-state index is 0.166. The summed E-state index contributed by atoms with van der Waals surface area (Å²) in [7, 11) is 0. The van der Waals surface area contributed by atoms with E-state index < -0.39 is 0 Å². The molecular weight excluding hydrogens is 310 g/mol. The van der Waals surface area contributed by atoms with Gasteiger partial charge in [-0.25, -0.2) is 4.79 Å². The summed E-state index contributed by atoms with van der Waals surface area (Å²) >= 11 is 0. The van der Waals surface area contributed by atoms with Crippen molar-refractivity contribution >= 4 is 22.6 Å². The molecule has 0 radical (unpaired) electrons. The van der Waals surface area contributed by atoms with Crippen LogP contribution in [0.2, 0.25) is 0 Å². The van der Waals surface area contributed by atoms with Gasteiger partial charge in [0.15, 0.2) is 0 Å². The highest BCUT2D eigenvalue weighted by Crippen LogP contribution is 2.17. The van der Waals surface area contributed by atoms with E-state index in [0.29, 0.717) is 6.54 Å². The lowest BCUT2D eigenvalue weighted by Crippen LogP contribution is -2.30. The second-order valence-electron chi connectivity index (χ2n) is 6.29. The lowest BCUT2D eigenvalue weighted by Gasteiger charge is -2.08. The fourth-order valence-corrected chi connectivity index (χ4v) is 2.96. The Hall–Kier alpha value is -2.75. The zero-order chi connectivity index (χ0) is 17.5. The molecule has 130 valence electrons. The molecule has 25 heavy (non-hydrogen) atoms. The summed E-state index contributed by atoms with van der Waals surface area (Å²) in [6.07, 6.45) is 6.29. The summed E-state index contributed by atoms with van der Waals surface area (Å²) < 4.78 is 0. The molecule has 1 heterocycles. The third-order valence-electron chi connectivity index (χ3n) is 4.39. The first-order valence-electron chi connectivity index (χ1n) is 8.95. The van der Waals surface area contributed by atoms with Crippen LogP contribution in [0.4, 0.5) is 10.5 Å². The SMILES string of the molecule is CCCCc1ccc(NC(=O)NCCc2c[nH]c3ccccc23)cc1. The first-order valence-corrected chi connectivity index (χ1v) is 8.95. The molecule has 3 rings (SSSR count). The fraction of sp³-hybridized carbons (Fsp3) is 0.286. The van der Waals surface area contributed by atoms with Gasteiger partial charge in [0.25, 0.3) is 0 Å². The van der Waals surface area contributed by atoms with Crippen molar-refractivity contribution in [1.82, 2.24) is 10.3 Å². The number of aromatic amines is 1. The molecule has 0 saturated heterocycles. The Morgan fingerprint density at radius 3 is 2.64 bits per heavy atom. The van der Waals surface area contributed by atoms with Crippen LogP contribution in [0.25, 0.3) is 10.9 Å². The maximum Gasteiger partial charge on any atom is 0.319 e. The van der Waals surface area contributed by atoms with Crippen molar-refractivity contribution in [2.75, 3.05) is 11.9 Å². The first kappa shape index (κ1) is 17.1. The molecule has 3 N–H and O–H groups in total. The van der Waals surface area contributed by atoms with Crippen LogP contribution in [0, 0.1) is 0 Å². The van der Waals surface area contributed by atoms with Gasteiger partial charge >= 0.3 is 6.03 Å². The Bertz CT molecular complexity index is 821. The predicted octanol–water partition coefficient (Wildman–Crippen LogP) is 4.87. The van der Waals surface area contributed by atoms with Crippen LogP contribution in [0.1, 0.15) is 30.9 Å². The third kappa shape index (κ3) is 4.63. The van der Waals surface area contributed by atoms with Crippen LogP contribution in [-0.2, 0) is 12.8 Å². The van der Waals surface area contributed by atoms with Gasteiger partial charge in [-0.15, -0.1) is 0 Å². The monoisotopic (exact) mass is 335 g/mol. The first-order chi connectivity index (χ1) is 12.3. The predicted molar refractivity (Wildman–Crippen MR) is 104 cm³/mol. The minimum Gasteiger partial charge on any atom is -0.361 e. The number of amides is 2. The summed E-state index contributed by atoms with van der Waals surface area (Å²) in [6.45, 7) is 2.79. The van der Waals surface area contributed by atoms with E-state index in [1.54, 1.807) is 0 Å². The van der Waals surface area contributed by atoms with Crippen molar-refractivity contribution in [1.29, 1.82) is 0 Å².